The van der Waals surface area contributed by atoms with E-state index in [4.69, 9.17) is 5.73 Å². The zero-order valence-corrected chi connectivity index (χ0v) is 8.23. The van der Waals surface area contributed by atoms with E-state index < -0.39 is 11.7 Å². The van der Waals surface area contributed by atoms with Crippen LogP contribution in [0.5, 0.6) is 0 Å². The lowest BCUT2D eigenvalue weighted by Gasteiger charge is -1.99. The summed E-state index contributed by atoms with van der Waals surface area (Å²) in [7, 11) is 0. The molecule has 5 heteroatoms. The second-order valence-electron chi connectivity index (χ2n) is 2.89. The summed E-state index contributed by atoms with van der Waals surface area (Å²) in [5, 5.41) is 3.45. The average Bonchev–Trinajstić information content (AvgIpc) is 2.26. The Bertz CT molecular complexity index is 394. The van der Waals surface area contributed by atoms with E-state index in [1.165, 1.54) is 6.92 Å². The lowest BCUT2D eigenvalue weighted by molar-refractivity contribution is -0.117. The van der Waals surface area contributed by atoms with E-state index in [0.29, 0.717) is 5.56 Å². The molecule has 0 radical (unpaired) electrons. The molecule has 0 fully saturated rings. The molecule has 5 nitrogen and oxygen atoms in total. The molecule has 1 rings (SSSR count). The third-order valence-corrected chi connectivity index (χ3v) is 1.58. The summed E-state index contributed by atoms with van der Waals surface area (Å²) in [5.41, 5.74) is 7.58. The van der Waals surface area contributed by atoms with Crippen LogP contribution >= 0.6 is 0 Å². The summed E-state index contributed by atoms with van der Waals surface area (Å²) in [6, 6.07) is 8.23. The van der Waals surface area contributed by atoms with Crippen molar-refractivity contribution in [2.75, 3.05) is 0 Å². The molecule has 0 saturated heterocycles. The van der Waals surface area contributed by atoms with Crippen LogP contribution in [0.2, 0.25) is 0 Å². The van der Waals surface area contributed by atoms with Crippen LogP contribution in [-0.2, 0) is 4.79 Å². The number of amidine groups is 1. The van der Waals surface area contributed by atoms with Gasteiger partial charge < -0.3 is 5.73 Å². The van der Waals surface area contributed by atoms with Gasteiger partial charge in [0.15, 0.2) is 0 Å². The van der Waals surface area contributed by atoms with E-state index in [1.54, 1.807) is 30.3 Å². The third kappa shape index (κ3) is 3.22. The number of rotatable bonds is 3. The maximum absolute atomic E-state index is 11.4. The number of ketones is 1. The maximum Gasteiger partial charge on any atom is 0.312 e. The van der Waals surface area contributed by atoms with Crippen molar-refractivity contribution in [1.29, 1.82) is 0 Å². The predicted octanol–water partition coefficient (Wildman–Crippen LogP) is 0.278. The first-order chi connectivity index (χ1) is 7.11. The van der Waals surface area contributed by atoms with E-state index in [-0.39, 0.29) is 5.84 Å². The Hall–Kier alpha value is -2.17. The molecule has 1 aromatic rings. The van der Waals surface area contributed by atoms with Crippen molar-refractivity contribution in [3.8, 4) is 0 Å². The van der Waals surface area contributed by atoms with Crippen molar-refractivity contribution < 1.29 is 9.59 Å². The number of nitrogens with two attached hydrogens (primary N) is 1. The predicted molar refractivity (Wildman–Crippen MR) is 56.2 cm³/mol. The molecule has 0 heterocycles. The summed E-state index contributed by atoms with van der Waals surface area (Å²) in [4.78, 5) is 22.7. The smallest absolute Gasteiger partial charge is 0.312 e. The van der Waals surface area contributed by atoms with E-state index >= 15 is 0 Å². The van der Waals surface area contributed by atoms with Gasteiger partial charge in [-0.1, -0.05) is 30.3 Å². The Kier molecular flexibility index (Phi) is 3.56. The van der Waals surface area contributed by atoms with Gasteiger partial charge in [0, 0.05) is 5.56 Å². The van der Waals surface area contributed by atoms with Gasteiger partial charge in [0.2, 0.25) is 0 Å². The van der Waals surface area contributed by atoms with E-state index in [2.05, 4.69) is 10.5 Å². The van der Waals surface area contributed by atoms with Gasteiger partial charge in [-0.15, -0.1) is 0 Å². The van der Waals surface area contributed by atoms with Crippen molar-refractivity contribution in [2.24, 2.45) is 10.8 Å². The molecule has 78 valence electrons. The molecule has 0 atom stereocenters. The molecular formula is C10H11N3O2. The van der Waals surface area contributed by atoms with Gasteiger partial charge in [-0.05, 0) is 6.92 Å². The van der Waals surface area contributed by atoms with Crippen LogP contribution in [-0.4, -0.2) is 17.5 Å². The number of amides is 1. The first kappa shape index (κ1) is 10.9. The molecule has 0 aromatic heterocycles. The van der Waals surface area contributed by atoms with Gasteiger partial charge in [0.25, 0.3) is 5.78 Å². The maximum atomic E-state index is 11.4. The number of nitrogens with zero attached hydrogens (tertiary/aromatic N) is 1. The van der Waals surface area contributed by atoms with Crippen molar-refractivity contribution >= 4 is 17.5 Å². The number of carbonyl (C=O) groups is 2. The first-order valence-corrected chi connectivity index (χ1v) is 4.30. The molecule has 1 amide bonds. The van der Waals surface area contributed by atoms with Gasteiger partial charge in [-0.2, -0.15) is 5.10 Å². The fourth-order valence-electron chi connectivity index (χ4n) is 0.910. The van der Waals surface area contributed by atoms with Crippen LogP contribution in [0.3, 0.4) is 0 Å². The number of carbonyl (C=O) groups excluding carboxylic acids is 2. The highest BCUT2D eigenvalue weighted by Gasteiger charge is 2.14. The second kappa shape index (κ2) is 4.90. The molecule has 0 aliphatic carbocycles. The average molecular weight is 205 g/mol. The summed E-state index contributed by atoms with van der Waals surface area (Å²) in [5.74, 6) is -1.25. The summed E-state index contributed by atoms with van der Waals surface area (Å²) >= 11 is 0. The first-order valence-electron chi connectivity index (χ1n) is 4.30. The fourth-order valence-corrected chi connectivity index (χ4v) is 0.910. The van der Waals surface area contributed by atoms with Crippen LogP contribution in [0, 0.1) is 0 Å². The van der Waals surface area contributed by atoms with Gasteiger partial charge >= 0.3 is 5.91 Å². The SMILES string of the molecule is CC(N)=NNC(=O)C(=O)c1ccccc1. The van der Waals surface area contributed by atoms with Crippen molar-refractivity contribution in [2.45, 2.75) is 6.92 Å². The summed E-state index contributed by atoms with van der Waals surface area (Å²) in [6.45, 7) is 1.51. The summed E-state index contributed by atoms with van der Waals surface area (Å²) in [6.07, 6.45) is 0. The molecule has 0 aliphatic heterocycles. The largest absolute Gasteiger partial charge is 0.386 e. The quantitative estimate of drug-likeness (QED) is 0.244. The van der Waals surface area contributed by atoms with Gasteiger partial charge in [-0.25, -0.2) is 5.43 Å². The lowest BCUT2D eigenvalue weighted by atomic mass is 10.1. The number of benzene rings is 1. The topological polar surface area (TPSA) is 84.5 Å². The highest BCUT2D eigenvalue weighted by molar-refractivity contribution is 6.42. The van der Waals surface area contributed by atoms with Gasteiger partial charge in [-0.3, -0.25) is 9.59 Å². The molecule has 0 spiro atoms. The standard InChI is InChI=1S/C10H11N3O2/c1-7(11)12-13-10(15)9(14)8-5-3-2-4-6-8/h2-6H,1H3,(H2,11,12)(H,13,15). The minimum Gasteiger partial charge on any atom is -0.386 e. The molecule has 1 aromatic carbocycles. The van der Waals surface area contributed by atoms with E-state index in [9.17, 15) is 9.59 Å². The summed E-state index contributed by atoms with van der Waals surface area (Å²) < 4.78 is 0. The zero-order valence-electron chi connectivity index (χ0n) is 8.23. The Labute approximate surface area is 87.0 Å². The highest BCUT2D eigenvalue weighted by atomic mass is 16.2. The molecule has 0 saturated carbocycles. The van der Waals surface area contributed by atoms with E-state index in [0.717, 1.165) is 0 Å². The van der Waals surface area contributed by atoms with Crippen LogP contribution in [0.1, 0.15) is 17.3 Å². The third-order valence-electron chi connectivity index (χ3n) is 1.58. The minimum atomic E-state index is -0.800. The molecule has 3 N–H and O–H groups in total. The normalized spacial score (nSPS) is 10.9. The Morgan fingerprint density at radius 3 is 2.40 bits per heavy atom. The molecular weight excluding hydrogens is 194 g/mol. The van der Waals surface area contributed by atoms with Crippen LogP contribution in [0.15, 0.2) is 35.4 Å². The number of nitrogens with one attached hydrogen (secondary N) is 1. The Morgan fingerprint density at radius 2 is 1.87 bits per heavy atom. The monoisotopic (exact) mass is 205 g/mol. The second-order valence-corrected chi connectivity index (χ2v) is 2.89. The number of hydrogen-bond acceptors (Lipinski definition) is 3. The molecule has 0 aliphatic rings. The number of Topliss-reactive ketones (excluding diaryl/α,β-unsaturated/α-hetero) is 1. The zero-order chi connectivity index (χ0) is 11.3. The van der Waals surface area contributed by atoms with Gasteiger partial charge in [0.1, 0.15) is 5.84 Å². The Balaban J connectivity index is 2.70. The van der Waals surface area contributed by atoms with Crippen molar-refractivity contribution in [1.82, 2.24) is 5.43 Å². The van der Waals surface area contributed by atoms with E-state index in [1.807, 2.05) is 0 Å². The lowest BCUT2D eigenvalue weighted by Crippen LogP contribution is -2.28. The van der Waals surface area contributed by atoms with Crippen LogP contribution in [0.4, 0.5) is 0 Å². The number of hydrogen-bond donors (Lipinski definition) is 2. The molecule has 15 heavy (non-hydrogen) atoms. The fraction of sp³-hybridized carbons (Fsp3) is 0.100. The van der Waals surface area contributed by atoms with Gasteiger partial charge in [0.05, 0.1) is 0 Å². The molecule has 0 unspecified atom stereocenters. The van der Waals surface area contributed by atoms with Crippen LogP contribution < -0.4 is 11.2 Å². The highest BCUT2D eigenvalue weighted by Crippen LogP contribution is 1.99. The number of hydrazone groups is 1. The van der Waals surface area contributed by atoms with Crippen molar-refractivity contribution in [3.63, 3.8) is 0 Å². The molecule has 0 bridgehead atoms. The van der Waals surface area contributed by atoms with Crippen molar-refractivity contribution in [3.05, 3.63) is 35.9 Å². The Morgan fingerprint density at radius 1 is 1.27 bits per heavy atom. The van der Waals surface area contributed by atoms with Crippen LogP contribution in [0.25, 0.3) is 0 Å². The minimum absolute atomic E-state index is 0.184.